The molecule has 0 amide bonds. The highest BCUT2D eigenvalue weighted by atomic mass is 35.5. The van der Waals surface area contributed by atoms with E-state index >= 15 is 0 Å². The van der Waals surface area contributed by atoms with Crippen molar-refractivity contribution < 1.29 is 17.6 Å². The molecule has 1 atom stereocenters. The SMILES string of the molecule is COc1ccc(S(=O)(=O)NC(C)Cc2ccoc2)cc1Cl. The average Bonchev–Trinajstić information content (AvgIpc) is 2.90. The molecule has 7 heteroatoms. The first-order valence-corrected chi connectivity index (χ1v) is 8.15. The minimum absolute atomic E-state index is 0.104. The third kappa shape index (κ3) is 4.00. The highest BCUT2D eigenvalue weighted by Crippen LogP contribution is 2.27. The molecule has 0 saturated heterocycles. The molecule has 1 aromatic carbocycles. The summed E-state index contributed by atoms with van der Waals surface area (Å²) in [6, 6.07) is 5.88. The smallest absolute Gasteiger partial charge is 0.240 e. The summed E-state index contributed by atoms with van der Waals surface area (Å²) in [7, 11) is -2.16. The Balaban J connectivity index is 2.12. The number of halogens is 1. The van der Waals surface area contributed by atoms with Crippen LogP contribution in [0.15, 0.2) is 46.1 Å². The van der Waals surface area contributed by atoms with E-state index in [2.05, 4.69) is 4.72 Å². The first-order chi connectivity index (χ1) is 9.92. The lowest BCUT2D eigenvalue weighted by atomic mass is 10.1. The minimum atomic E-state index is -3.63. The van der Waals surface area contributed by atoms with Crippen molar-refractivity contribution in [1.29, 1.82) is 0 Å². The zero-order chi connectivity index (χ0) is 15.5. The molecule has 0 aliphatic carbocycles. The Morgan fingerprint density at radius 2 is 2.14 bits per heavy atom. The summed E-state index contributed by atoms with van der Waals surface area (Å²) in [6.07, 6.45) is 3.69. The Labute approximate surface area is 128 Å². The molecule has 1 N–H and O–H groups in total. The molecule has 21 heavy (non-hydrogen) atoms. The van der Waals surface area contributed by atoms with E-state index in [9.17, 15) is 8.42 Å². The van der Waals surface area contributed by atoms with E-state index in [1.807, 2.05) is 0 Å². The maximum atomic E-state index is 12.3. The lowest BCUT2D eigenvalue weighted by Gasteiger charge is -2.14. The van der Waals surface area contributed by atoms with Crippen molar-refractivity contribution in [3.05, 3.63) is 47.4 Å². The second kappa shape index (κ2) is 6.51. The number of ether oxygens (including phenoxy) is 1. The molecular weight excluding hydrogens is 314 g/mol. The van der Waals surface area contributed by atoms with Crippen molar-refractivity contribution in [1.82, 2.24) is 4.72 Å². The summed E-state index contributed by atoms with van der Waals surface area (Å²) < 4.78 is 37.2. The van der Waals surface area contributed by atoms with Crippen LogP contribution in [0.3, 0.4) is 0 Å². The van der Waals surface area contributed by atoms with Crippen LogP contribution in [0.25, 0.3) is 0 Å². The van der Waals surface area contributed by atoms with Crippen molar-refractivity contribution >= 4 is 21.6 Å². The first kappa shape index (κ1) is 15.9. The largest absolute Gasteiger partial charge is 0.495 e. The second-order valence-electron chi connectivity index (χ2n) is 4.65. The molecule has 0 aliphatic rings. The number of sulfonamides is 1. The van der Waals surface area contributed by atoms with Gasteiger partial charge in [-0.1, -0.05) is 11.6 Å². The Morgan fingerprint density at radius 1 is 1.38 bits per heavy atom. The third-order valence-electron chi connectivity index (χ3n) is 2.91. The standard InChI is InChI=1S/C14H16ClNO4S/c1-10(7-11-5-6-20-9-11)16-21(17,18)12-3-4-14(19-2)13(15)8-12/h3-6,8-10,16H,7H2,1-2H3. The van der Waals surface area contributed by atoms with Crippen molar-refractivity contribution in [2.24, 2.45) is 0 Å². The molecule has 0 fully saturated rings. The van der Waals surface area contributed by atoms with E-state index in [0.717, 1.165) is 5.56 Å². The maximum absolute atomic E-state index is 12.3. The van der Waals surface area contributed by atoms with Gasteiger partial charge in [-0.25, -0.2) is 13.1 Å². The van der Waals surface area contributed by atoms with Crippen molar-refractivity contribution in [3.63, 3.8) is 0 Å². The number of hydrogen-bond donors (Lipinski definition) is 1. The van der Waals surface area contributed by atoms with Crippen molar-refractivity contribution in [2.75, 3.05) is 7.11 Å². The number of furan rings is 1. The van der Waals surface area contributed by atoms with Gasteiger partial charge in [-0.2, -0.15) is 0 Å². The van der Waals surface area contributed by atoms with E-state index in [1.54, 1.807) is 25.5 Å². The van der Waals surface area contributed by atoms with Crippen molar-refractivity contribution in [2.45, 2.75) is 24.3 Å². The molecule has 1 aromatic heterocycles. The Morgan fingerprint density at radius 3 is 2.71 bits per heavy atom. The van der Waals surface area contributed by atoms with Crippen LogP contribution in [0.2, 0.25) is 5.02 Å². The fraction of sp³-hybridized carbons (Fsp3) is 0.286. The Bertz CT molecular complexity index is 698. The minimum Gasteiger partial charge on any atom is -0.495 e. The summed E-state index contributed by atoms with van der Waals surface area (Å²) in [5, 5.41) is 0.253. The summed E-state index contributed by atoms with van der Waals surface area (Å²) in [5.41, 5.74) is 0.929. The van der Waals surface area contributed by atoms with E-state index in [4.69, 9.17) is 20.8 Å². The van der Waals surface area contributed by atoms with Gasteiger partial charge in [0.05, 0.1) is 29.6 Å². The number of methoxy groups -OCH3 is 1. The molecule has 114 valence electrons. The quantitative estimate of drug-likeness (QED) is 0.884. The normalized spacial score (nSPS) is 13.1. The van der Waals surface area contributed by atoms with Crippen molar-refractivity contribution in [3.8, 4) is 5.75 Å². The highest BCUT2D eigenvalue weighted by molar-refractivity contribution is 7.89. The Kier molecular flexibility index (Phi) is 4.92. The van der Waals surface area contributed by atoms with Gasteiger partial charge in [0.15, 0.2) is 0 Å². The van der Waals surface area contributed by atoms with E-state index in [0.29, 0.717) is 12.2 Å². The highest BCUT2D eigenvalue weighted by Gasteiger charge is 2.19. The van der Waals surface area contributed by atoms with Gasteiger partial charge in [0, 0.05) is 6.04 Å². The molecule has 2 aromatic rings. The molecule has 0 saturated carbocycles. The van der Waals surface area contributed by atoms with Gasteiger partial charge in [0.1, 0.15) is 5.75 Å². The van der Waals surface area contributed by atoms with Crippen LogP contribution in [0.1, 0.15) is 12.5 Å². The van der Waals surface area contributed by atoms with Gasteiger partial charge < -0.3 is 9.15 Å². The number of hydrogen-bond acceptors (Lipinski definition) is 4. The molecule has 1 heterocycles. The first-order valence-electron chi connectivity index (χ1n) is 6.29. The van der Waals surface area contributed by atoms with Gasteiger partial charge in [0.25, 0.3) is 0 Å². The fourth-order valence-corrected chi connectivity index (χ4v) is 3.54. The molecule has 0 bridgehead atoms. The van der Waals surface area contributed by atoms with Gasteiger partial charge in [-0.15, -0.1) is 0 Å². The maximum Gasteiger partial charge on any atom is 0.240 e. The number of nitrogens with one attached hydrogen (secondary N) is 1. The number of benzene rings is 1. The Hall–Kier alpha value is -1.50. The van der Waals surface area contributed by atoms with Crippen LogP contribution in [0.5, 0.6) is 5.75 Å². The van der Waals surface area contributed by atoms with Gasteiger partial charge in [-0.05, 0) is 43.2 Å². The summed E-state index contributed by atoms with van der Waals surface area (Å²) >= 11 is 5.96. The van der Waals surface area contributed by atoms with E-state index in [-0.39, 0.29) is 16.0 Å². The van der Waals surface area contributed by atoms with Gasteiger partial charge in [-0.3, -0.25) is 0 Å². The zero-order valence-electron chi connectivity index (χ0n) is 11.7. The third-order valence-corrected chi connectivity index (χ3v) is 4.79. The molecule has 2 rings (SSSR count). The topological polar surface area (TPSA) is 68.5 Å². The molecular formula is C14H16ClNO4S. The van der Waals surface area contributed by atoms with Crippen LogP contribution in [-0.2, 0) is 16.4 Å². The molecule has 0 spiro atoms. The van der Waals surface area contributed by atoms with E-state index < -0.39 is 10.0 Å². The molecule has 0 radical (unpaired) electrons. The zero-order valence-corrected chi connectivity index (χ0v) is 13.2. The molecule has 0 aliphatic heterocycles. The van der Waals surface area contributed by atoms with Crippen LogP contribution in [0.4, 0.5) is 0 Å². The van der Waals surface area contributed by atoms with Crippen LogP contribution in [0, 0.1) is 0 Å². The summed E-state index contributed by atoms with van der Waals surface area (Å²) in [5.74, 6) is 0.432. The second-order valence-corrected chi connectivity index (χ2v) is 6.78. The van der Waals surface area contributed by atoms with Gasteiger partial charge in [0.2, 0.25) is 10.0 Å². The van der Waals surface area contributed by atoms with E-state index in [1.165, 1.54) is 25.3 Å². The number of rotatable bonds is 6. The van der Waals surface area contributed by atoms with Crippen LogP contribution in [-0.4, -0.2) is 21.6 Å². The molecule has 5 nitrogen and oxygen atoms in total. The summed E-state index contributed by atoms with van der Waals surface area (Å²) in [4.78, 5) is 0.104. The fourth-order valence-electron chi connectivity index (χ4n) is 1.95. The predicted octanol–water partition coefficient (Wildman–Crippen LogP) is 2.85. The van der Waals surface area contributed by atoms with Gasteiger partial charge >= 0.3 is 0 Å². The predicted molar refractivity (Wildman–Crippen MR) is 80.2 cm³/mol. The molecule has 1 unspecified atom stereocenters. The monoisotopic (exact) mass is 329 g/mol. The average molecular weight is 330 g/mol. The van der Waals surface area contributed by atoms with Crippen LogP contribution < -0.4 is 9.46 Å². The summed E-state index contributed by atoms with van der Waals surface area (Å²) in [6.45, 7) is 1.79. The van der Waals surface area contributed by atoms with Crippen LogP contribution >= 0.6 is 11.6 Å². The lowest BCUT2D eigenvalue weighted by Crippen LogP contribution is -2.34. The lowest BCUT2D eigenvalue weighted by molar-refractivity contribution is 0.414.